The molecule has 1 nitrogen and oxygen atoms in total. The summed E-state index contributed by atoms with van der Waals surface area (Å²) in [6.07, 6.45) is -0.392. The van der Waals surface area contributed by atoms with Gasteiger partial charge in [-0.1, -0.05) is 35.9 Å². The van der Waals surface area contributed by atoms with E-state index in [4.69, 9.17) is 0 Å². The van der Waals surface area contributed by atoms with Crippen LogP contribution in [0.3, 0.4) is 0 Å². The van der Waals surface area contributed by atoms with Crippen molar-refractivity contribution in [3.63, 3.8) is 0 Å². The smallest absolute Gasteiger partial charge is 0.194 e. The number of halogens is 3. The molecule has 0 fully saturated rings. The molecular formula is C16H15F3O. The molecule has 1 atom stereocenters. The maximum atomic E-state index is 13.5. The largest absolute Gasteiger partial charge is 0.388 e. The van der Waals surface area contributed by atoms with E-state index in [9.17, 15) is 18.3 Å². The molecule has 1 N–H and O–H groups in total. The van der Waals surface area contributed by atoms with Gasteiger partial charge in [-0.15, -0.1) is 0 Å². The first kappa shape index (κ1) is 14.6. The summed E-state index contributed by atoms with van der Waals surface area (Å²) in [5.41, 5.74) is 1.91. The lowest BCUT2D eigenvalue weighted by Gasteiger charge is -2.12. The van der Waals surface area contributed by atoms with Gasteiger partial charge in [0.25, 0.3) is 0 Å². The monoisotopic (exact) mass is 280 g/mol. The molecule has 0 heterocycles. The van der Waals surface area contributed by atoms with Gasteiger partial charge in [0, 0.05) is 5.56 Å². The zero-order valence-electron chi connectivity index (χ0n) is 11.0. The molecule has 20 heavy (non-hydrogen) atoms. The Morgan fingerprint density at radius 3 is 2.25 bits per heavy atom. The normalized spacial score (nSPS) is 12.4. The topological polar surface area (TPSA) is 20.2 Å². The third-order valence-electron chi connectivity index (χ3n) is 3.25. The summed E-state index contributed by atoms with van der Waals surface area (Å²) in [6, 6.07) is 9.63. The van der Waals surface area contributed by atoms with Crippen LogP contribution in [0.15, 0.2) is 36.4 Å². The van der Waals surface area contributed by atoms with Crippen molar-refractivity contribution in [2.75, 3.05) is 0 Å². The summed E-state index contributed by atoms with van der Waals surface area (Å²) in [4.78, 5) is 0. The van der Waals surface area contributed by atoms with Gasteiger partial charge in [0.1, 0.15) is 0 Å². The summed E-state index contributed by atoms with van der Waals surface area (Å²) in [7, 11) is 0. The van der Waals surface area contributed by atoms with Crippen LogP contribution in [0.5, 0.6) is 0 Å². The van der Waals surface area contributed by atoms with Crippen LogP contribution in [0.4, 0.5) is 13.2 Å². The molecule has 2 rings (SSSR count). The Morgan fingerprint density at radius 1 is 0.950 bits per heavy atom. The van der Waals surface area contributed by atoms with E-state index in [1.807, 2.05) is 31.2 Å². The minimum absolute atomic E-state index is 0.212. The number of aliphatic hydroxyl groups is 1. The SMILES string of the molecule is Cc1ccc(CCC(O)c2ccc(F)c(F)c2F)cc1. The Bertz CT molecular complexity index is 593. The van der Waals surface area contributed by atoms with Crippen molar-refractivity contribution in [1.29, 1.82) is 0 Å². The second-order valence-corrected chi connectivity index (χ2v) is 4.80. The second-order valence-electron chi connectivity index (χ2n) is 4.80. The van der Waals surface area contributed by atoms with Crippen LogP contribution in [0.2, 0.25) is 0 Å². The fraction of sp³-hybridized carbons (Fsp3) is 0.250. The lowest BCUT2D eigenvalue weighted by molar-refractivity contribution is 0.161. The van der Waals surface area contributed by atoms with Gasteiger partial charge in [-0.25, -0.2) is 13.2 Å². The van der Waals surface area contributed by atoms with E-state index >= 15 is 0 Å². The van der Waals surface area contributed by atoms with E-state index < -0.39 is 23.6 Å². The molecule has 0 radical (unpaired) electrons. The van der Waals surface area contributed by atoms with Crippen LogP contribution in [0.25, 0.3) is 0 Å². The lowest BCUT2D eigenvalue weighted by Crippen LogP contribution is -2.05. The van der Waals surface area contributed by atoms with E-state index in [1.165, 1.54) is 0 Å². The highest BCUT2D eigenvalue weighted by atomic mass is 19.2. The van der Waals surface area contributed by atoms with Crippen molar-refractivity contribution in [3.8, 4) is 0 Å². The van der Waals surface area contributed by atoms with Crippen LogP contribution < -0.4 is 0 Å². The Hall–Kier alpha value is -1.81. The maximum absolute atomic E-state index is 13.5. The van der Waals surface area contributed by atoms with Crippen molar-refractivity contribution in [1.82, 2.24) is 0 Å². The molecule has 0 spiro atoms. The minimum Gasteiger partial charge on any atom is -0.388 e. The Morgan fingerprint density at radius 2 is 1.60 bits per heavy atom. The molecule has 0 aliphatic heterocycles. The zero-order valence-corrected chi connectivity index (χ0v) is 11.0. The third-order valence-corrected chi connectivity index (χ3v) is 3.25. The van der Waals surface area contributed by atoms with E-state index in [0.29, 0.717) is 6.42 Å². The van der Waals surface area contributed by atoms with Crippen molar-refractivity contribution < 1.29 is 18.3 Å². The highest BCUT2D eigenvalue weighted by Crippen LogP contribution is 2.24. The molecule has 0 aromatic heterocycles. The van der Waals surface area contributed by atoms with Gasteiger partial charge in [-0.3, -0.25) is 0 Å². The van der Waals surface area contributed by atoms with Crippen molar-refractivity contribution >= 4 is 0 Å². The molecule has 0 saturated carbocycles. The predicted octanol–water partition coefficient (Wildman–Crippen LogP) is 4.08. The molecule has 2 aromatic rings. The second kappa shape index (κ2) is 6.09. The van der Waals surface area contributed by atoms with Gasteiger partial charge in [-0.05, 0) is 31.4 Å². The van der Waals surface area contributed by atoms with Crippen molar-refractivity contribution in [2.45, 2.75) is 25.9 Å². The van der Waals surface area contributed by atoms with E-state index in [-0.39, 0.29) is 12.0 Å². The summed E-state index contributed by atoms with van der Waals surface area (Å²) in [6.45, 7) is 1.97. The summed E-state index contributed by atoms with van der Waals surface area (Å²) < 4.78 is 39.4. The molecule has 2 aromatic carbocycles. The standard InChI is InChI=1S/C16H15F3O/c1-10-2-4-11(5-3-10)6-9-14(20)12-7-8-13(17)16(19)15(12)18/h2-5,7-8,14,20H,6,9H2,1H3. The number of rotatable bonds is 4. The van der Waals surface area contributed by atoms with Gasteiger partial charge in [0.05, 0.1) is 6.10 Å². The van der Waals surface area contributed by atoms with Gasteiger partial charge < -0.3 is 5.11 Å². The molecule has 4 heteroatoms. The number of hydrogen-bond donors (Lipinski definition) is 1. The van der Waals surface area contributed by atoms with Gasteiger partial charge in [-0.2, -0.15) is 0 Å². The Kier molecular flexibility index (Phi) is 4.45. The van der Waals surface area contributed by atoms with Gasteiger partial charge >= 0.3 is 0 Å². The van der Waals surface area contributed by atoms with E-state index in [1.54, 1.807) is 0 Å². The Balaban J connectivity index is 2.07. The maximum Gasteiger partial charge on any atom is 0.194 e. The average molecular weight is 280 g/mol. The predicted molar refractivity (Wildman–Crippen MR) is 70.8 cm³/mol. The van der Waals surface area contributed by atoms with Crippen LogP contribution in [0.1, 0.15) is 29.2 Å². The highest BCUT2D eigenvalue weighted by molar-refractivity contribution is 5.24. The quantitative estimate of drug-likeness (QED) is 0.837. The molecule has 0 saturated heterocycles. The van der Waals surface area contributed by atoms with Crippen LogP contribution >= 0.6 is 0 Å². The first-order chi connectivity index (χ1) is 9.49. The summed E-state index contributed by atoms with van der Waals surface area (Å²) in [5, 5.41) is 9.90. The van der Waals surface area contributed by atoms with Crippen molar-refractivity contribution in [3.05, 3.63) is 70.5 Å². The highest BCUT2D eigenvalue weighted by Gasteiger charge is 2.18. The zero-order chi connectivity index (χ0) is 14.7. The lowest BCUT2D eigenvalue weighted by atomic mass is 10.00. The van der Waals surface area contributed by atoms with Gasteiger partial charge in [0.2, 0.25) is 0 Å². The van der Waals surface area contributed by atoms with Crippen molar-refractivity contribution in [2.24, 2.45) is 0 Å². The average Bonchev–Trinajstić information content (AvgIpc) is 2.44. The molecule has 0 amide bonds. The first-order valence-electron chi connectivity index (χ1n) is 6.36. The number of hydrogen-bond acceptors (Lipinski definition) is 1. The molecule has 0 aliphatic rings. The molecule has 0 aliphatic carbocycles. The number of benzene rings is 2. The van der Waals surface area contributed by atoms with E-state index in [0.717, 1.165) is 23.3 Å². The number of aliphatic hydroxyl groups excluding tert-OH is 1. The first-order valence-corrected chi connectivity index (χ1v) is 6.36. The van der Waals surface area contributed by atoms with Crippen LogP contribution in [-0.4, -0.2) is 5.11 Å². The summed E-state index contributed by atoms with van der Waals surface area (Å²) in [5.74, 6) is -4.12. The van der Waals surface area contributed by atoms with E-state index in [2.05, 4.69) is 0 Å². The molecule has 0 bridgehead atoms. The minimum atomic E-state index is -1.54. The molecular weight excluding hydrogens is 265 g/mol. The molecule has 1 unspecified atom stereocenters. The summed E-state index contributed by atoms with van der Waals surface area (Å²) >= 11 is 0. The Labute approximate surface area is 115 Å². The molecule has 106 valence electrons. The van der Waals surface area contributed by atoms with Gasteiger partial charge in [0.15, 0.2) is 17.5 Å². The van der Waals surface area contributed by atoms with Crippen LogP contribution in [0, 0.1) is 24.4 Å². The third kappa shape index (κ3) is 3.20. The van der Waals surface area contributed by atoms with Crippen LogP contribution in [-0.2, 0) is 6.42 Å². The fourth-order valence-corrected chi connectivity index (χ4v) is 2.01. The number of aryl methyl sites for hydroxylation is 2. The fourth-order valence-electron chi connectivity index (χ4n) is 2.01.